The van der Waals surface area contributed by atoms with Crippen LogP contribution in [0.25, 0.3) is 11.3 Å². The van der Waals surface area contributed by atoms with Crippen LogP contribution in [0, 0.1) is 0 Å². The molecule has 1 aliphatic rings. The maximum absolute atomic E-state index is 10.7. The summed E-state index contributed by atoms with van der Waals surface area (Å²) in [6, 6.07) is 14.0. The lowest BCUT2D eigenvalue weighted by molar-refractivity contribution is 0.0402. The average Bonchev–Trinajstić information content (AvgIpc) is 3.30. The minimum Gasteiger partial charge on any atom is -0.460 e. The van der Waals surface area contributed by atoms with E-state index < -0.39 is 5.60 Å². The molecule has 0 aliphatic carbocycles. The summed E-state index contributed by atoms with van der Waals surface area (Å²) < 4.78 is 5.93. The molecular formula is C17H18N4O2. The van der Waals surface area contributed by atoms with E-state index in [0.29, 0.717) is 25.2 Å². The van der Waals surface area contributed by atoms with Crippen molar-refractivity contribution < 1.29 is 9.52 Å². The number of hydrogen-bond donors (Lipinski definition) is 2. The Labute approximate surface area is 133 Å². The lowest BCUT2D eigenvalue weighted by atomic mass is 10.0. The molecule has 1 fully saturated rings. The zero-order chi connectivity index (χ0) is 15.7. The van der Waals surface area contributed by atoms with Gasteiger partial charge in [-0.25, -0.2) is 0 Å². The number of likely N-dealkylation sites (tertiary alicyclic amines) is 1. The van der Waals surface area contributed by atoms with Gasteiger partial charge in [0, 0.05) is 18.7 Å². The monoisotopic (exact) mass is 310 g/mol. The molecule has 0 bridgehead atoms. The highest BCUT2D eigenvalue weighted by Crippen LogP contribution is 2.31. The molecule has 0 amide bonds. The highest BCUT2D eigenvalue weighted by molar-refractivity contribution is 5.57. The summed E-state index contributed by atoms with van der Waals surface area (Å²) in [6.07, 6.45) is 2.23. The fraction of sp³-hybridized carbons (Fsp3) is 0.294. The second-order valence-electron chi connectivity index (χ2n) is 5.98. The third-order valence-electron chi connectivity index (χ3n) is 4.32. The smallest absolute Gasteiger partial charge is 0.134 e. The van der Waals surface area contributed by atoms with E-state index >= 15 is 0 Å². The summed E-state index contributed by atoms with van der Waals surface area (Å²) in [5, 5.41) is 21.1. The van der Waals surface area contributed by atoms with Crippen LogP contribution in [0.1, 0.15) is 17.9 Å². The minimum atomic E-state index is -0.929. The molecule has 1 unspecified atom stereocenters. The Kier molecular flexibility index (Phi) is 3.48. The lowest BCUT2D eigenvalue weighted by Gasteiger charge is -2.20. The molecule has 23 heavy (non-hydrogen) atoms. The van der Waals surface area contributed by atoms with E-state index in [0.717, 1.165) is 23.6 Å². The van der Waals surface area contributed by atoms with E-state index in [1.807, 2.05) is 42.5 Å². The number of aromatic amines is 1. The van der Waals surface area contributed by atoms with Gasteiger partial charge in [-0.05, 0) is 18.6 Å². The van der Waals surface area contributed by atoms with Crippen molar-refractivity contribution in [3.05, 3.63) is 60.1 Å². The van der Waals surface area contributed by atoms with E-state index in [4.69, 9.17) is 4.42 Å². The van der Waals surface area contributed by atoms with Crippen LogP contribution in [0.5, 0.6) is 0 Å². The number of β-amino-alcohol motifs (C(OH)–C–C–N with tert-alkyl or cyclic N) is 1. The van der Waals surface area contributed by atoms with Crippen LogP contribution in [0.2, 0.25) is 0 Å². The molecular weight excluding hydrogens is 292 g/mol. The van der Waals surface area contributed by atoms with Crippen LogP contribution in [0.3, 0.4) is 0 Å². The van der Waals surface area contributed by atoms with Crippen molar-refractivity contribution in [1.82, 2.24) is 20.3 Å². The molecule has 1 aliphatic heterocycles. The van der Waals surface area contributed by atoms with Gasteiger partial charge in [-0.15, -0.1) is 0 Å². The van der Waals surface area contributed by atoms with Crippen molar-refractivity contribution in [3.8, 4) is 11.3 Å². The van der Waals surface area contributed by atoms with E-state index in [1.54, 1.807) is 6.20 Å². The normalized spacial score (nSPS) is 21.8. The van der Waals surface area contributed by atoms with Crippen LogP contribution in [0.15, 0.2) is 53.1 Å². The molecule has 6 nitrogen and oxygen atoms in total. The topological polar surface area (TPSA) is 78.2 Å². The molecule has 118 valence electrons. The lowest BCUT2D eigenvalue weighted by Crippen LogP contribution is -2.30. The zero-order valence-electron chi connectivity index (χ0n) is 12.6. The molecule has 0 saturated carbocycles. The standard InChI is InChI=1S/C17H18N4O2/c22-17(16-10-18-20-19-16)8-9-21(12-17)11-14-6-7-15(23-14)13-4-2-1-3-5-13/h1-7,10,22H,8-9,11-12H2,(H,18,19,20). The third kappa shape index (κ3) is 2.78. The zero-order valence-corrected chi connectivity index (χ0v) is 12.6. The van der Waals surface area contributed by atoms with Gasteiger partial charge in [-0.2, -0.15) is 15.4 Å². The number of hydrogen-bond acceptors (Lipinski definition) is 5. The molecule has 1 atom stereocenters. The summed E-state index contributed by atoms with van der Waals surface area (Å²) in [4.78, 5) is 2.17. The van der Waals surface area contributed by atoms with Crippen LogP contribution in [-0.2, 0) is 12.1 Å². The predicted octanol–water partition coefficient (Wildman–Crippen LogP) is 2.16. The number of aliphatic hydroxyl groups is 1. The number of rotatable bonds is 4. The first-order valence-electron chi connectivity index (χ1n) is 7.68. The van der Waals surface area contributed by atoms with Gasteiger partial charge in [0.25, 0.3) is 0 Å². The van der Waals surface area contributed by atoms with Gasteiger partial charge in [0.2, 0.25) is 0 Å². The van der Waals surface area contributed by atoms with Crippen LogP contribution < -0.4 is 0 Å². The first kappa shape index (κ1) is 14.2. The Hall–Kier alpha value is -2.44. The first-order valence-corrected chi connectivity index (χ1v) is 7.68. The Morgan fingerprint density at radius 2 is 2.09 bits per heavy atom. The van der Waals surface area contributed by atoms with Crippen molar-refractivity contribution in [3.63, 3.8) is 0 Å². The van der Waals surface area contributed by atoms with Gasteiger partial charge in [0.1, 0.15) is 22.8 Å². The summed E-state index contributed by atoms with van der Waals surface area (Å²) in [6.45, 7) is 2.00. The molecule has 6 heteroatoms. The number of aromatic nitrogens is 3. The van der Waals surface area contributed by atoms with Crippen molar-refractivity contribution >= 4 is 0 Å². The van der Waals surface area contributed by atoms with Crippen LogP contribution in [0.4, 0.5) is 0 Å². The third-order valence-corrected chi connectivity index (χ3v) is 4.32. The number of furan rings is 1. The maximum Gasteiger partial charge on any atom is 0.134 e. The van der Waals surface area contributed by atoms with Crippen molar-refractivity contribution in [2.24, 2.45) is 0 Å². The van der Waals surface area contributed by atoms with E-state index in [-0.39, 0.29) is 0 Å². The van der Waals surface area contributed by atoms with Gasteiger partial charge in [0.15, 0.2) is 0 Å². The predicted molar refractivity (Wildman–Crippen MR) is 84.3 cm³/mol. The largest absolute Gasteiger partial charge is 0.460 e. The number of nitrogens with zero attached hydrogens (tertiary/aromatic N) is 3. The van der Waals surface area contributed by atoms with Gasteiger partial charge in [-0.1, -0.05) is 30.3 Å². The highest BCUT2D eigenvalue weighted by Gasteiger charge is 2.39. The number of H-pyrrole nitrogens is 1. The number of nitrogens with one attached hydrogen (secondary N) is 1. The Bertz CT molecular complexity index is 769. The summed E-state index contributed by atoms with van der Waals surface area (Å²) in [5.74, 6) is 1.76. The SMILES string of the molecule is OC1(c2cn[nH]n2)CCN(Cc2ccc(-c3ccccc3)o2)C1. The second-order valence-corrected chi connectivity index (χ2v) is 5.98. The molecule has 3 aromatic rings. The van der Waals surface area contributed by atoms with Gasteiger partial charge in [0.05, 0.1) is 12.7 Å². The van der Waals surface area contributed by atoms with Crippen molar-refractivity contribution in [2.45, 2.75) is 18.6 Å². The Morgan fingerprint density at radius 3 is 2.87 bits per heavy atom. The molecule has 0 spiro atoms. The molecule has 4 rings (SSSR count). The van der Waals surface area contributed by atoms with Gasteiger partial charge < -0.3 is 9.52 Å². The molecule has 3 heterocycles. The quantitative estimate of drug-likeness (QED) is 0.772. The summed E-state index contributed by atoms with van der Waals surface area (Å²) >= 11 is 0. The Balaban J connectivity index is 1.45. The average molecular weight is 310 g/mol. The van der Waals surface area contributed by atoms with E-state index in [1.165, 1.54) is 0 Å². The molecule has 2 aromatic heterocycles. The maximum atomic E-state index is 10.7. The molecule has 1 saturated heterocycles. The fourth-order valence-electron chi connectivity index (χ4n) is 3.08. The second kappa shape index (κ2) is 5.64. The van der Waals surface area contributed by atoms with Crippen molar-refractivity contribution in [2.75, 3.05) is 13.1 Å². The minimum absolute atomic E-state index is 0.529. The molecule has 2 N–H and O–H groups in total. The summed E-state index contributed by atoms with van der Waals surface area (Å²) in [7, 11) is 0. The van der Waals surface area contributed by atoms with Crippen molar-refractivity contribution in [1.29, 1.82) is 0 Å². The molecule has 1 aromatic carbocycles. The van der Waals surface area contributed by atoms with E-state index in [2.05, 4.69) is 20.3 Å². The van der Waals surface area contributed by atoms with E-state index in [9.17, 15) is 5.11 Å². The van der Waals surface area contributed by atoms with Gasteiger partial charge in [-0.3, -0.25) is 4.90 Å². The van der Waals surface area contributed by atoms with Gasteiger partial charge >= 0.3 is 0 Å². The molecule has 0 radical (unpaired) electrons. The number of benzene rings is 1. The Morgan fingerprint density at radius 1 is 1.22 bits per heavy atom. The highest BCUT2D eigenvalue weighted by atomic mass is 16.3. The van der Waals surface area contributed by atoms with Crippen LogP contribution in [-0.4, -0.2) is 38.5 Å². The fourth-order valence-corrected chi connectivity index (χ4v) is 3.08. The summed E-state index contributed by atoms with van der Waals surface area (Å²) in [5.41, 5.74) is 0.741. The van der Waals surface area contributed by atoms with Crippen LogP contribution >= 0.6 is 0 Å². The first-order chi connectivity index (χ1) is 11.2.